The van der Waals surface area contributed by atoms with Crippen molar-refractivity contribution in [2.75, 3.05) is 47.3 Å². The van der Waals surface area contributed by atoms with Crippen LogP contribution in [-0.4, -0.2) is 63.2 Å². The van der Waals surface area contributed by atoms with Crippen molar-refractivity contribution in [3.8, 4) is 0 Å². The maximum absolute atomic E-state index is 3.74. The van der Waals surface area contributed by atoms with Crippen molar-refractivity contribution in [3.63, 3.8) is 0 Å². The second kappa shape index (κ2) is 9.81. The van der Waals surface area contributed by atoms with Gasteiger partial charge in [-0.05, 0) is 84.2 Å². The van der Waals surface area contributed by atoms with Crippen molar-refractivity contribution in [3.05, 3.63) is 0 Å². The lowest BCUT2D eigenvalue weighted by Gasteiger charge is -2.40. The number of nitrogens with zero attached hydrogens (tertiary/aromatic N) is 2. The van der Waals surface area contributed by atoms with Crippen molar-refractivity contribution < 1.29 is 0 Å². The summed E-state index contributed by atoms with van der Waals surface area (Å²) in [6.45, 7) is 11.8. The second-order valence-corrected chi connectivity index (χ2v) is 7.66. The van der Waals surface area contributed by atoms with E-state index in [2.05, 4.69) is 57.0 Å². The van der Waals surface area contributed by atoms with Crippen LogP contribution in [0, 0.1) is 17.8 Å². The molecule has 1 saturated carbocycles. The molecular weight excluding hydrogens is 258 g/mol. The first-order valence-corrected chi connectivity index (χ1v) is 9.00. The third-order valence-corrected chi connectivity index (χ3v) is 5.12. The number of hydrogen-bond donors (Lipinski definition) is 1. The van der Waals surface area contributed by atoms with E-state index in [0.717, 1.165) is 30.3 Å². The van der Waals surface area contributed by atoms with E-state index >= 15 is 0 Å². The molecule has 3 unspecified atom stereocenters. The van der Waals surface area contributed by atoms with Gasteiger partial charge in [0.2, 0.25) is 0 Å². The monoisotopic (exact) mass is 297 g/mol. The van der Waals surface area contributed by atoms with E-state index in [1.54, 1.807) is 0 Å². The van der Waals surface area contributed by atoms with E-state index in [0.29, 0.717) is 0 Å². The Morgan fingerprint density at radius 1 is 1.10 bits per heavy atom. The van der Waals surface area contributed by atoms with Gasteiger partial charge in [-0.25, -0.2) is 0 Å². The van der Waals surface area contributed by atoms with Gasteiger partial charge in [-0.2, -0.15) is 0 Å². The van der Waals surface area contributed by atoms with Crippen molar-refractivity contribution in [2.24, 2.45) is 17.8 Å². The minimum atomic E-state index is 0.737. The fourth-order valence-electron chi connectivity index (χ4n) is 3.79. The zero-order chi connectivity index (χ0) is 15.8. The van der Waals surface area contributed by atoms with E-state index in [9.17, 15) is 0 Å². The van der Waals surface area contributed by atoms with Crippen LogP contribution in [0.15, 0.2) is 0 Å². The zero-order valence-electron chi connectivity index (χ0n) is 15.4. The zero-order valence-corrected chi connectivity index (χ0v) is 15.4. The fraction of sp³-hybridized carbons (Fsp3) is 1.00. The summed E-state index contributed by atoms with van der Waals surface area (Å²) in [7, 11) is 6.63. The van der Waals surface area contributed by atoms with Crippen LogP contribution in [0.25, 0.3) is 0 Å². The third-order valence-electron chi connectivity index (χ3n) is 5.12. The Morgan fingerprint density at radius 3 is 2.38 bits per heavy atom. The van der Waals surface area contributed by atoms with E-state index < -0.39 is 0 Å². The highest BCUT2D eigenvalue weighted by molar-refractivity contribution is 4.87. The van der Waals surface area contributed by atoms with E-state index in [1.807, 2.05) is 0 Å². The Labute approximate surface area is 133 Å². The molecule has 1 aliphatic carbocycles. The summed E-state index contributed by atoms with van der Waals surface area (Å²) in [6.07, 6.45) is 5.46. The first-order valence-electron chi connectivity index (χ1n) is 9.00. The summed E-state index contributed by atoms with van der Waals surface area (Å²) >= 11 is 0. The van der Waals surface area contributed by atoms with E-state index in [1.165, 1.54) is 45.3 Å². The van der Waals surface area contributed by atoms with E-state index in [4.69, 9.17) is 0 Å². The lowest BCUT2D eigenvalue weighted by Crippen LogP contribution is -2.46. The molecule has 0 spiro atoms. The molecule has 3 heteroatoms. The summed E-state index contributed by atoms with van der Waals surface area (Å²) in [5.74, 6) is 2.60. The van der Waals surface area contributed by atoms with Gasteiger partial charge in [0.25, 0.3) is 0 Å². The van der Waals surface area contributed by atoms with Gasteiger partial charge in [-0.3, -0.25) is 0 Å². The number of rotatable bonds is 9. The van der Waals surface area contributed by atoms with Gasteiger partial charge in [-0.1, -0.05) is 20.8 Å². The highest BCUT2D eigenvalue weighted by Gasteiger charge is 2.31. The minimum absolute atomic E-state index is 0.737. The Kier molecular flexibility index (Phi) is 8.84. The molecule has 0 aromatic rings. The van der Waals surface area contributed by atoms with Crippen LogP contribution in [-0.2, 0) is 0 Å². The summed E-state index contributed by atoms with van der Waals surface area (Å²) < 4.78 is 0. The Hall–Kier alpha value is -0.120. The molecule has 0 radical (unpaired) electrons. The van der Waals surface area contributed by atoms with Crippen LogP contribution in [0.1, 0.15) is 46.5 Å². The molecule has 1 N–H and O–H groups in total. The minimum Gasteiger partial charge on any atom is -0.314 e. The third kappa shape index (κ3) is 7.12. The number of hydrogen-bond acceptors (Lipinski definition) is 3. The summed E-state index contributed by atoms with van der Waals surface area (Å²) in [4.78, 5) is 4.84. The molecule has 0 saturated heterocycles. The van der Waals surface area contributed by atoms with Gasteiger partial charge in [0.15, 0.2) is 0 Å². The maximum atomic E-state index is 3.74. The van der Waals surface area contributed by atoms with Crippen LogP contribution in [0.5, 0.6) is 0 Å². The smallest absolute Gasteiger partial charge is 0.0108 e. The molecule has 3 atom stereocenters. The molecule has 0 heterocycles. The SMILES string of the molecule is CCNC1CCC(C(C)C)CC1CN(C)CCCN(C)C. The van der Waals surface area contributed by atoms with Gasteiger partial charge < -0.3 is 15.1 Å². The molecular formula is C18H39N3. The molecule has 0 bridgehead atoms. The Morgan fingerprint density at radius 2 is 1.81 bits per heavy atom. The quantitative estimate of drug-likeness (QED) is 0.706. The van der Waals surface area contributed by atoms with Crippen LogP contribution in [0.4, 0.5) is 0 Å². The van der Waals surface area contributed by atoms with E-state index in [-0.39, 0.29) is 0 Å². The fourth-order valence-corrected chi connectivity index (χ4v) is 3.79. The molecule has 1 fully saturated rings. The molecule has 0 aromatic heterocycles. The molecule has 0 aromatic carbocycles. The van der Waals surface area contributed by atoms with Crippen LogP contribution in [0.3, 0.4) is 0 Å². The average Bonchev–Trinajstić information content (AvgIpc) is 2.40. The van der Waals surface area contributed by atoms with Gasteiger partial charge in [-0.15, -0.1) is 0 Å². The van der Waals surface area contributed by atoms with Gasteiger partial charge in [0, 0.05) is 12.6 Å². The van der Waals surface area contributed by atoms with Crippen molar-refractivity contribution >= 4 is 0 Å². The Bertz CT molecular complexity index is 265. The van der Waals surface area contributed by atoms with Crippen molar-refractivity contribution in [1.82, 2.24) is 15.1 Å². The molecule has 126 valence electrons. The highest BCUT2D eigenvalue weighted by atomic mass is 15.1. The molecule has 21 heavy (non-hydrogen) atoms. The van der Waals surface area contributed by atoms with Crippen molar-refractivity contribution in [1.29, 1.82) is 0 Å². The summed E-state index contributed by atoms with van der Waals surface area (Å²) in [5.41, 5.74) is 0. The Balaban J connectivity index is 2.45. The van der Waals surface area contributed by atoms with Gasteiger partial charge >= 0.3 is 0 Å². The first kappa shape index (κ1) is 18.9. The largest absolute Gasteiger partial charge is 0.314 e. The van der Waals surface area contributed by atoms with Gasteiger partial charge in [0.1, 0.15) is 0 Å². The topological polar surface area (TPSA) is 18.5 Å². The lowest BCUT2D eigenvalue weighted by atomic mass is 9.73. The molecule has 0 aliphatic heterocycles. The van der Waals surface area contributed by atoms with Crippen LogP contribution in [0.2, 0.25) is 0 Å². The summed E-state index contributed by atoms with van der Waals surface area (Å²) in [6, 6.07) is 0.737. The molecule has 0 amide bonds. The lowest BCUT2D eigenvalue weighted by molar-refractivity contribution is 0.131. The molecule has 1 rings (SSSR count). The first-order chi connectivity index (χ1) is 9.93. The second-order valence-electron chi connectivity index (χ2n) is 7.66. The predicted molar refractivity (Wildman–Crippen MR) is 93.8 cm³/mol. The standard InChI is InChI=1S/C18H39N3/c1-7-19-18-10-9-16(15(2)3)13-17(18)14-21(6)12-8-11-20(4)5/h15-19H,7-14H2,1-6H3. The van der Waals surface area contributed by atoms with Crippen LogP contribution >= 0.6 is 0 Å². The van der Waals surface area contributed by atoms with Gasteiger partial charge in [0.05, 0.1) is 0 Å². The molecule has 1 aliphatic rings. The summed E-state index contributed by atoms with van der Waals surface area (Å²) in [5, 5.41) is 3.74. The normalized spacial score (nSPS) is 27.0. The van der Waals surface area contributed by atoms with Crippen molar-refractivity contribution in [2.45, 2.75) is 52.5 Å². The number of nitrogens with one attached hydrogen (secondary N) is 1. The maximum Gasteiger partial charge on any atom is 0.0108 e. The van der Waals surface area contributed by atoms with Crippen LogP contribution < -0.4 is 5.32 Å². The molecule has 3 nitrogen and oxygen atoms in total. The average molecular weight is 298 g/mol. The predicted octanol–water partition coefficient (Wildman–Crippen LogP) is 2.92. The highest BCUT2D eigenvalue weighted by Crippen LogP contribution is 2.34.